The first kappa shape index (κ1) is 16.2. The van der Waals surface area contributed by atoms with Crippen molar-refractivity contribution < 1.29 is 4.79 Å². The Bertz CT molecular complexity index is 619. The van der Waals surface area contributed by atoms with Crippen molar-refractivity contribution in [3.8, 4) is 0 Å². The number of hydrogen-bond acceptors (Lipinski definition) is 3. The lowest BCUT2D eigenvalue weighted by Crippen LogP contribution is -2.42. The normalized spacial score (nSPS) is 28.3. The fraction of sp³-hybridized carbons (Fsp3) is 0.667. The Morgan fingerprint density at radius 1 is 1.35 bits per heavy atom. The summed E-state index contributed by atoms with van der Waals surface area (Å²) in [4.78, 5) is 14.6. The Balaban J connectivity index is 1.62. The molecule has 1 amide bonds. The van der Waals surface area contributed by atoms with Gasteiger partial charge in [0.2, 0.25) is 5.91 Å². The number of anilines is 1. The van der Waals surface area contributed by atoms with Gasteiger partial charge in [0.1, 0.15) is 5.82 Å². The smallest absolute Gasteiger partial charge is 0.245 e. The summed E-state index contributed by atoms with van der Waals surface area (Å²) in [5.41, 5.74) is 2.42. The van der Waals surface area contributed by atoms with Crippen molar-refractivity contribution in [1.82, 2.24) is 15.1 Å². The van der Waals surface area contributed by atoms with Gasteiger partial charge < -0.3 is 5.32 Å². The van der Waals surface area contributed by atoms with Crippen LogP contribution in [-0.2, 0) is 11.8 Å². The van der Waals surface area contributed by atoms with Crippen molar-refractivity contribution in [2.45, 2.75) is 46.1 Å². The largest absolute Gasteiger partial charge is 0.305 e. The van der Waals surface area contributed by atoms with Crippen LogP contribution < -0.4 is 10.2 Å². The predicted molar refractivity (Wildman–Crippen MR) is 92.4 cm³/mol. The quantitative estimate of drug-likeness (QED) is 0.868. The SMILES string of the molecule is CC1=CCC[C@H](C)[C@@H]1CN[C@@H]1CCN(c2cc(C)nn2C)C1=O. The van der Waals surface area contributed by atoms with Crippen LogP contribution in [0.1, 0.15) is 38.8 Å². The number of rotatable bonds is 4. The standard InChI is InChI=1S/C18H28N4O/c1-12-6-5-7-13(2)15(12)11-19-16-8-9-22(18(16)23)17-10-14(3)20-21(17)4/h6,10,13,15-16,19H,5,7-9,11H2,1-4H3/t13-,15+,16+/m0/s1. The van der Waals surface area contributed by atoms with Gasteiger partial charge in [-0.05, 0) is 44.9 Å². The molecule has 1 aliphatic heterocycles. The molecule has 0 aromatic carbocycles. The molecular weight excluding hydrogens is 288 g/mol. The minimum atomic E-state index is -0.0628. The van der Waals surface area contributed by atoms with Crippen molar-refractivity contribution in [3.05, 3.63) is 23.4 Å². The molecule has 0 spiro atoms. The molecule has 1 aromatic heterocycles. The highest BCUT2D eigenvalue weighted by molar-refractivity contribution is 5.98. The van der Waals surface area contributed by atoms with Crippen LogP contribution in [0.15, 0.2) is 17.7 Å². The lowest BCUT2D eigenvalue weighted by molar-refractivity contribution is -0.118. The molecule has 2 aliphatic rings. The first-order valence-corrected chi connectivity index (χ1v) is 8.69. The third kappa shape index (κ3) is 3.20. The molecule has 1 aliphatic carbocycles. The van der Waals surface area contributed by atoms with Crippen LogP contribution in [0.5, 0.6) is 0 Å². The van der Waals surface area contributed by atoms with Crippen molar-refractivity contribution in [2.24, 2.45) is 18.9 Å². The molecule has 0 bridgehead atoms. The van der Waals surface area contributed by atoms with E-state index >= 15 is 0 Å². The second-order valence-electron chi connectivity index (χ2n) is 7.12. The van der Waals surface area contributed by atoms with E-state index in [1.54, 1.807) is 4.68 Å². The summed E-state index contributed by atoms with van der Waals surface area (Å²) < 4.78 is 1.80. The zero-order valence-corrected chi connectivity index (χ0v) is 14.7. The highest BCUT2D eigenvalue weighted by Gasteiger charge is 2.34. The van der Waals surface area contributed by atoms with E-state index in [1.807, 2.05) is 24.9 Å². The van der Waals surface area contributed by atoms with Gasteiger partial charge >= 0.3 is 0 Å². The van der Waals surface area contributed by atoms with Gasteiger partial charge in [-0.2, -0.15) is 5.10 Å². The van der Waals surface area contributed by atoms with E-state index < -0.39 is 0 Å². The zero-order valence-electron chi connectivity index (χ0n) is 14.7. The first-order valence-electron chi connectivity index (χ1n) is 8.69. The lowest BCUT2D eigenvalue weighted by atomic mass is 9.80. The number of aromatic nitrogens is 2. The van der Waals surface area contributed by atoms with Crippen LogP contribution in [0.25, 0.3) is 0 Å². The van der Waals surface area contributed by atoms with Crippen molar-refractivity contribution in [1.29, 1.82) is 0 Å². The summed E-state index contributed by atoms with van der Waals surface area (Å²) in [6.45, 7) is 8.18. The molecule has 1 fully saturated rings. The third-order valence-electron chi connectivity index (χ3n) is 5.40. The summed E-state index contributed by atoms with van der Waals surface area (Å²) in [6, 6.07) is 1.92. The van der Waals surface area contributed by atoms with Gasteiger partial charge in [-0.25, -0.2) is 0 Å². The Labute approximate surface area is 138 Å². The minimum Gasteiger partial charge on any atom is -0.305 e. The summed E-state index contributed by atoms with van der Waals surface area (Å²) >= 11 is 0. The van der Waals surface area contributed by atoms with Crippen LogP contribution >= 0.6 is 0 Å². The number of aryl methyl sites for hydroxylation is 2. The van der Waals surface area contributed by atoms with E-state index in [-0.39, 0.29) is 11.9 Å². The summed E-state index contributed by atoms with van der Waals surface area (Å²) in [5.74, 6) is 2.33. The first-order chi connectivity index (χ1) is 11.0. The van der Waals surface area contributed by atoms with Gasteiger partial charge in [-0.3, -0.25) is 14.4 Å². The minimum absolute atomic E-state index is 0.0628. The molecule has 5 nitrogen and oxygen atoms in total. The Morgan fingerprint density at radius 2 is 2.13 bits per heavy atom. The average molecular weight is 316 g/mol. The number of nitrogens with one attached hydrogen (secondary N) is 1. The van der Waals surface area contributed by atoms with Crippen molar-refractivity contribution in [3.63, 3.8) is 0 Å². The Hall–Kier alpha value is -1.62. The number of allylic oxidation sites excluding steroid dienone is 1. The highest BCUT2D eigenvalue weighted by atomic mass is 16.2. The van der Waals surface area contributed by atoms with E-state index in [0.717, 1.165) is 31.0 Å². The second-order valence-corrected chi connectivity index (χ2v) is 7.12. The van der Waals surface area contributed by atoms with Gasteiger partial charge in [-0.1, -0.05) is 18.6 Å². The maximum Gasteiger partial charge on any atom is 0.245 e. The number of hydrogen-bond donors (Lipinski definition) is 1. The van der Waals surface area contributed by atoms with Gasteiger partial charge in [-0.15, -0.1) is 0 Å². The zero-order chi connectivity index (χ0) is 16.6. The third-order valence-corrected chi connectivity index (χ3v) is 5.40. The molecule has 1 saturated heterocycles. The molecular formula is C18H28N4O. The van der Waals surface area contributed by atoms with Crippen molar-refractivity contribution >= 4 is 11.7 Å². The maximum atomic E-state index is 12.7. The monoisotopic (exact) mass is 316 g/mol. The fourth-order valence-corrected chi connectivity index (χ4v) is 3.95. The van der Waals surface area contributed by atoms with E-state index in [9.17, 15) is 4.79 Å². The second kappa shape index (κ2) is 6.48. The molecule has 3 rings (SSSR count). The van der Waals surface area contributed by atoms with Gasteiger partial charge in [0.15, 0.2) is 0 Å². The van der Waals surface area contributed by atoms with Gasteiger partial charge in [0.05, 0.1) is 11.7 Å². The summed E-state index contributed by atoms with van der Waals surface area (Å²) in [6.07, 6.45) is 5.67. The highest BCUT2D eigenvalue weighted by Crippen LogP contribution is 2.30. The Kier molecular flexibility index (Phi) is 4.57. The number of nitrogens with zero attached hydrogens (tertiary/aromatic N) is 3. The van der Waals surface area contributed by atoms with Gasteiger partial charge in [0.25, 0.3) is 0 Å². The van der Waals surface area contributed by atoms with Crippen LogP contribution in [0.2, 0.25) is 0 Å². The van der Waals surface area contributed by atoms with Crippen LogP contribution in [0.3, 0.4) is 0 Å². The fourth-order valence-electron chi connectivity index (χ4n) is 3.95. The van der Waals surface area contributed by atoms with E-state index in [1.165, 1.54) is 18.4 Å². The number of amides is 1. The molecule has 0 radical (unpaired) electrons. The molecule has 1 aromatic rings. The topological polar surface area (TPSA) is 50.2 Å². The van der Waals surface area contributed by atoms with E-state index in [0.29, 0.717) is 11.8 Å². The van der Waals surface area contributed by atoms with Crippen LogP contribution in [-0.4, -0.2) is 34.8 Å². The maximum absolute atomic E-state index is 12.7. The molecule has 3 atom stereocenters. The number of carbonyl (C=O) groups is 1. The predicted octanol–water partition coefficient (Wildman–Crippen LogP) is 2.42. The molecule has 5 heteroatoms. The molecule has 2 heterocycles. The van der Waals surface area contributed by atoms with Crippen molar-refractivity contribution in [2.75, 3.05) is 18.0 Å². The molecule has 1 N–H and O–H groups in total. The number of carbonyl (C=O) groups excluding carboxylic acids is 1. The van der Waals surface area contributed by atoms with E-state index in [2.05, 4.69) is 30.3 Å². The van der Waals surface area contributed by atoms with Crippen LogP contribution in [0, 0.1) is 18.8 Å². The van der Waals surface area contributed by atoms with Crippen LogP contribution in [0.4, 0.5) is 5.82 Å². The molecule has 126 valence electrons. The average Bonchev–Trinajstić information content (AvgIpc) is 3.01. The summed E-state index contributed by atoms with van der Waals surface area (Å²) in [5, 5.41) is 7.88. The molecule has 0 saturated carbocycles. The molecule has 0 unspecified atom stereocenters. The Morgan fingerprint density at radius 3 is 2.78 bits per heavy atom. The van der Waals surface area contributed by atoms with E-state index in [4.69, 9.17) is 0 Å². The lowest BCUT2D eigenvalue weighted by Gasteiger charge is -2.30. The summed E-state index contributed by atoms with van der Waals surface area (Å²) in [7, 11) is 1.90. The van der Waals surface area contributed by atoms with Gasteiger partial charge in [0, 0.05) is 26.2 Å². The molecule has 23 heavy (non-hydrogen) atoms.